The van der Waals surface area contributed by atoms with Crippen LogP contribution in [0.4, 0.5) is 13.2 Å². The normalized spacial score (nSPS) is 27.7. The molecule has 1 aliphatic heterocycles. The Kier molecular flexibility index (Phi) is 4.94. The van der Waals surface area contributed by atoms with Crippen LogP contribution >= 0.6 is 28.7 Å². The highest BCUT2D eigenvalue weighted by atomic mass is 79.9. The van der Waals surface area contributed by atoms with Crippen molar-refractivity contribution in [2.45, 2.75) is 23.6 Å². The Morgan fingerprint density at radius 2 is 2.17 bits per heavy atom. The Labute approximate surface area is 146 Å². The molecule has 1 heterocycles. The van der Waals surface area contributed by atoms with Crippen LogP contribution < -0.4 is 4.74 Å². The molecule has 9 heteroatoms. The Morgan fingerprint density at radius 3 is 2.78 bits per heavy atom. The lowest BCUT2D eigenvalue weighted by Gasteiger charge is -2.31. The summed E-state index contributed by atoms with van der Waals surface area (Å²) in [6, 6.07) is 4.68. The summed E-state index contributed by atoms with van der Waals surface area (Å²) in [6.07, 6.45) is -3.81. The number of fused-ring (bicyclic) bond motifs is 3. The summed E-state index contributed by atoms with van der Waals surface area (Å²) in [5.74, 6) is 0.164. The average Bonchev–Trinajstić information content (AvgIpc) is 2.86. The first kappa shape index (κ1) is 18.4. The minimum Gasteiger partial charge on any atom is -0.484 e. The van der Waals surface area contributed by atoms with E-state index in [0.717, 1.165) is 10.7 Å². The zero-order valence-corrected chi connectivity index (χ0v) is 15.0. The van der Waals surface area contributed by atoms with Crippen LogP contribution in [-0.4, -0.2) is 47.3 Å². The smallest absolute Gasteiger partial charge is 0.422 e. The molecule has 1 aromatic rings. The highest BCUT2D eigenvalue weighted by molar-refractivity contribution is 8.93. The van der Waals surface area contributed by atoms with Gasteiger partial charge >= 0.3 is 6.18 Å². The molecule has 3 rings (SSSR count). The molecule has 1 N–H and O–H groups in total. The lowest BCUT2D eigenvalue weighted by molar-refractivity contribution is -0.153. The van der Waals surface area contributed by atoms with Crippen molar-refractivity contribution >= 4 is 33.9 Å². The van der Waals surface area contributed by atoms with E-state index in [4.69, 9.17) is 4.74 Å². The molecule has 2 aliphatic rings. The first-order chi connectivity index (χ1) is 10.3. The Morgan fingerprint density at radius 1 is 1.48 bits per heavy atom. The summed E-state index contributed by atoms with van der Waals surface area (Å²) in [4.78, 5) is 5.85. The summed E-state index contributed by atoms with van der Waals surface area (Å²) < 4.78 is 41.4. The van der Waals surface area contributed by atoms with Gasteiger partial charge in [0.1, 0.15) is 5.75 Å². The lowest BCUT2D eigenvalue weighted by atomic mass is 10.0. The number of aliphatic imine (C=N–C) groups is 1. The third kappa shape index (κ3) is 3.06. The molecule has 1 fully saturated rings. The maximum atomic E-state index is 12.2. The van der Waals surface area contributed by atoms with Crippen molar-refractivity contribution in [3.05, 3.63) is 29.3 Å². The van der Waals surface area contributed by atoms with Crippen LogP contribution in [0.3, 0.4) is 0 Å². The zero-order chi connectivity index (χ0) is 16.1. The highest BCUT2D eigenvalue weighted by Crippen LogP contribution is 2.51. The lowest BCUT2D eigenvalue weighted by Crippen LogP contribution is -2.44. The largest absolute Gasteiger partial charge is 0.484 e. The molecule has 0 bridgehead atoms. The molecule has 2 unspecified atom stereocenters. The monoisotopic (exact) mass is 412 g/mol. The van der Waals surface area contributed by atoms with E-state index in [0.29, 0.717) is 12.0 Å². The van der Waals surface area contributed by atoms with Crippen molar-refractivity contribution < 1.29 is 23.0 Å². The fraction of sp³-hybridized carbons (Fsp3) is 0.500. The van der Waals surface area contributed by atoms with Crippen molar-refractivity contribution in [2.24, 2.45) is 4.99 Å². The van der Waals surface area contributed by atoms with Gasteiger partial charge in [-0.1, -0.05) is 17.8 Å². The molecule has 1 aliphatic carbocycles. The molecule has 4 nitrogen and oxygen atoms in total. The van der Waals surface area contributed by atoms with Crippen LogP contribution in [0, 0.1) is 0 Å². The van der Waals surface area contributed by atoms with E-state index in [1.807, 2.05) is 0 Å². The van der Waals surface area contributed by atoms with Crippen LogP contribution in [0.5, 0.6) is 5.75 Å². The van der Waals surface area contributed by atoms with Crippen LogP contribution in [0.15, 0.2) is 23.2 Å². The van der Waals surface area contributed by atoms with Gasteiger partial charge in [0.05, 0.1) is 5.25 Å². The van der Waals surface area contributed by atoms with Gasteiger partial charge in [0.25, 0.3) is 0 Å². The fourth-order valence-electron chi connectivity index (χ4n) is 2.94. The summed E-state index contributed by atoms with van der Waals surface area (Å²) in [5.41, 5.74) is 0.337. The van der Waals surface area contributed by atoms with Gasteiger partial charge in [-0.3, -0.25) is 4.99 Å². The SMILES string of the molecule is Br.CN=C1SC2Cc3cc(OCC(F)(F)F)ccc3C2(O)N1C. The first-order valence-corrected chi connectivity index (χ1v) is 7.56. The predicted octanol–water partition coefficient (Wildman–Crippen LogP) is 2.94. The Bertz CT molecular complexity index is 641. The predicted molar refractivity (Wildman–Crippen MR) is 88.4 cm³/mol. The van der Waals surface area contributed by atoms with E-state index >= 15 is 0 Å². The average molecular weight is 413 g/mol. The summed E-state index contributed by atoms with van der Waals surface area (Å²) in [5, 5.41) is 11.6. The second-order valence-electron chi connectivity index (χ2n) is 5.32. The molecule has 0 saturated carbocycles. The van der Waals surface area contributed by atoms with Crippen molar-refractivity contribution in [2.75, 3.05) is 20.7 Å². The van der Waals surface area contributed by atoms with Crippen LogP contribution in [-0.2, 0) is 12.1 Å². The third-order valence-electron chi connectivity index (χ3n) is 3.97. The standard InChI is InChI=1S/C14H15F3N2O2S.BrH/c1-18-12-19(2)14(20)10-4-3-9(21-7-13(15,16)17)5-8(10)6-11(14)22-12;/h3-5,11,20H,6-7H2,1-2H3;1H. The van der Waals surface area contributed by atoms with Crippen LogP contribution in [0.25, 0.3) is 0 Å². The maximum Gasteiger partial charge on any atom is 0.422 e. The van der Waals surface area contributed by atoms with Crippen LogP contribution in [0.1, 0.15) is 11.1 Å². The van der Waals surface area contributed by atoms with Gasteiger partial charge in [-0.25, -0.2) is 0 Å². The number of ether oxygens (including phenoxy) is 1. The number of hydrogen-bond donors (Lipinski definition) is 1. The van der Waals surface area contributed by atoms with Crippen molar-refractivity contribution in [1.29, 1.82) is 0 Å². The molecule has 0 aromatic heterocycles. The molecule has 2 atom stereocenters. The van der Waals surface area contributed by atoms with Crippen molar-refractivity contribution in [3.63, 3.8) is 0 Å². The van der Waals surface area contributed by atoms with Crippen molar-refractivity contribution in [3.8, 4) is 5.75 Å². The number of aliphatic hydroxyl groups is 1. The van der Waals surface area contributed by atoms with E-state index in [-0.39, 0.29) is 28.0 Å². The van der Waals surface area contributed by atoms with E-state index < -0.39 is 18.5 Å². The molecule has 1 aromatic carbocycles. The van der Waals surface area contributed by atoms with Gasteiger partial charge < -0.3 is 14.7 Å². The number of nitrogens with zero attached hydrogens (tertiary/aromatic N) is 2. The number of alkyl halides is 3. The van der Waals surface area contributed by atoms with E-state index in [2.05, 4.69) is 4.99 Å². The second kappa shape index (κ2) is 6.18. The quantitative estimate of drug-likeness (QED) is 0.810. The van der Waals surface area contributed by atoms with Gasteiger partial charge in [0.2, 0.25) is 0 Å². The van der Waals surface area contributed by atoms with E-state index in [1.165, 1.54) is 17.8 Å². The molecule has 0 amide bonds. The number of hydrogen-bond acceptors (Lipinski definition) is 4. The Hall–Kier alpha value is -0.930. The second-order valence-corrected chi connectivity index (χ2v) is 6.49. The number of halogens is 4. The number of rotatable bonds is 2. The van der Waals surface area contributed by atoms with Gasteiger partial charge in [0.15, 0.2) is 17.5 Å². The van der Waals surface area contributed by atoms with E-state index in [9.17, 15) is 18.3 Å². The molecular formula is C14H16BrF3N2O2S. The minimum absolute atomic E-state index is 0. The van der Waals surface area contributed by atoms with Crippen LogP contribution in [0.2, 0.25) is 0 Å². The molecule has 23 heavy (non-hydrogen) atoms. The summed E-state index contributed by atoms with van der Waals surface area (Å²) in [7, 11) is 3.43. The highest BCUT2D eigenvalue weighted by Gasteiger charge is 2.55. The number of thioether (sulfide) groups is 1. The van der Waals surface area contributed by atoms with Gasteiger partial charge in [-0.05, 0) is 24.1 Å². The van der Waals surface area contributed by atoms with E-state index in [1.54, 1.807) is 31.1 Å². The molecular weight excluding hydrogens is 397 g/mol. The first-order valence-electron chi connectivity index (χ1n) is 6.68. The molecule has 0 radical (unpaired) electrons. The van der Waals surface area contributed by atoms with Gasteiger partial charge in [-0.15, -0.1) is 17.0 Å². The molecule has 1 saturated heterocycles. The van der Waals surface area contributed by atoms with Crippen molar-refractivity contribution in [1.82, 2.24) is 4.90 Å². The third-order valence-corrected chi connectivity index (χ3v) is 5.41. The minimum atomic E-state index is -4.36. The topological polar surface area (TPSA) is 45.1 Å². The summed E-state index contributed by atoms with van der Waals surface area (Å²) >= 11 is 1.47. The number of amidine groups is 1. The molecule has 0 spiro atoms. The van der Waals surface area contributed by atoms with Gasteiger partial charge in [-0.2, -0.15) is 13.2 Å². The maximum absolute atomic E-state index is 12.2. The fourth-order valence-corrected chi connectivity index (χ4v) is 4.31. The zero-order valence-electron chi connectivity index (χ0n) is 12.4. The van der Waals surface area contributed by atoms with Gasteiger partial charge in [0, 0.05) is 19.7 Å². The number of benzene rings is 1. The molecule has 128 valence electrons. The summed E-state index contributed by atoms with van der Waals surface area (Å²) in [6.45, 7) is -1.32. The Balaban J connectivity index is 0.00000192.